The molecule has 0 saturated carbocycles. The number of thiocarbonyl (C=S) groups is 1. The molecule has 0 unspecified atom stereocenters. The SMILES string of the molecule is O=C(O)c1ccc(Cl)c(-c2ccc([C@H]3[C@@H](c4ccccn4)NC(=S)N3c3ccc(Br)cc3)o2)c1. The van der Waals surface area contributed by atoms with Crippen molar-refractivity contribution >= 4 is 56.5 Å². The fourth-order valence-electron chi connectivity index (χ4n) is 4.03. The van der Waals surface area contributed by atoms with Crippen LogP contribution in [0.3, 0.4) is 0 Å². The smallest absolute Gasteiger partial charge is 0.335 e. The van der Waals surface area contributed by atoms with Crippen molar-refractivity contribution in [1.29, 1.82) is 0 Å². The van der Waals surface area contributed by atoms with E-state index in [-0.39, 0.29) is 17.6 Å². The van der Waals surface area contributed by atoms with Crippen molar-refractivity contribution in [2.75, 3.05) is 4.90 Å². The molecular formula is C25H17BrClN3O3S. The summed E-state index contributed by atoms with van der Waals surface area (Å²) in [4.78, 5) is 18.0. The second-order valence-corrected chi connectivity index (χ2v) is 9.38. The van der Waals surface area contributed by atoms with Crippen molar-refractivity contribution in [2.24, 2.45) is 0 Å². The zero-order chi connectivity index (χ0) is 23.8. The number of pyridine rings is 1. The Morgan fingerprint density at radius 2 is 1.91 bits per heavy atom. The number of benzene rings is 2. The molecule has 0 aliphatic carbocycles. The Morgan fingerprint density at radius 3 is 2.62 bits per heavy atom. The maximum Gasteiger partial charge on any atom is 0.335 e. The third-order valence-electron chi connectivity index (χ3n) is 5.60. The van der Waals surface area contributed by atoms with Gasteiger partial charge in [0.05, 0.1) is 22.3 Å². The molecule has 2 aromatic carbocycles. The summed E-state index contributed by atoms with van der Waals surface area (Å²) in [7, 11) is 0. The van der Waals surface area contributed by atoms with Gasteiger partial charge in [-0.1, -0.05) is 33.6 Å². The Kier molecular flexibility index (Phi) is 6.12. The van der Waals surface area contributed by atoms with Gasteiger partial charge >= 0.3 is 5.97 Å². The number of nitrogens with zero attached hydrogens (tertiary/aromatic N) is 2. The lowest BCUT2D eigenvalue weighted by atomic mass is 10.0. The van der Waals surface area contributed by atoms with Crippen LogP contribution in [0.2, 0.25) is 5.02 Å². The molecule has 3 heterocycles. The van der Waals surface area contributed by atoms with Crippen LogP contribution in [0.4, 0.5) is 5.69 Å². The standard InChI is InChI=1S/C25H17BrClN3O3S/c26-15-5-7-16(8-6-15)30-23(22(29-25(30)34)19-3-1-2-12-28-19)21-11-10-20(33-21)17-13-14(24(31)32)4-9-18(17)27/h1-13,22-23H,(H,29,34)(H,31,32)/t22-,23+/m1/s1. The van der Waals surface area contributed by atoms with E-state index in [1.54, 1.807) is 18.3 Å². The van der Waals surface area contributed by atoms with Gasteiger partial charge in [0.2, 0.25) is 0 Å². The fourth-order valence-corrected chi connectivity index (χ4v) is 4.85. The Balaban J connectivity index is 1.61. The molecule has 2 aromatic heterocycles. The van der Waals surface area contributed by atoms with Gasteiger partial charge in [-0.3, -0.25) is 4.98 Å². The lowest BCUT2D eigenvalue weighted by Crippen LogP contribution is -2.29. The van der Waals surface area contributed by atoms with Gasteiger partial charge < -0.3 is 19.7 Å². The number of anilines is 1. The number of aromatic nitrogens is 1. The second-order valence-electron chi connectivity index (χ2n) is 7.67. The van der Waals surface area contributed by atoms with Crippen LogP contribution in [0.25, 0.3) is 11.3 Å². The van der Waals surface area contributed by atoms with Crippen LogP contribution in [-0.4, -0.2) is 21.2 Å². The van der Waals surface area contributed by atoms with Crippen LogP contribution in [0.15, 0.2) is 87.9 Å². The van der Waals surface area contributed by atoms with E-state index in [1.807, 2.05) is 53.4 Å². The largest absolute Gasteiger partial charge is 0.478 e. The maximum atomic E-state index is 11.5. The van der Waals surface area contributed by atoms with Crippen molar-refractivity contribution in [1.82, 2.24) is 10.3 Å². The topological polar surface area (TPSA) is 78.6 Å². The first-order valence-corrected chi connectivity index (χ1v) is 11.9. The Morgan fingerprint density at radius 1 is 1.12 bits per heavy atom. The lowest BCUT2D eigenvalue weighted by Gasteiger charge is -2.26. The van der Waals surface area contributed by atoms with Gasteiger partial charge in [-0.05, 0) is 78.9 Å². The number of hydrogen-bond donors (Lipinski definition) is 2. The van der Waals surface area contributed by atoms with Gasteiger partial charge in [0.1, 0.15) is 17.6 Å². The third kappa shape index (κ3) is 4.20. The number of furan rings is 1. The first-order valence-electron chi connectivity index (χ1n) is 10.3. The van der Waals surface area contributed by atoms with E-state index in [4.69, 9.17) is 28.2 Å². The van der Waals surface area contributed by atoms with Crippen molar-refractivity contribution in [3.05, 3.63) is 106 Å². The summed E-state index contributed by atoms with van der Waals surface area (Å²) in [5.41, 5.74) is 2.35. The van der Waals surface area contributed by atoms with Crippen molar-refractivity contribution in [3.63, 3.8) is 0 Å². The molecule has 0 spiro atoms. The lowest BCUT2D eigenvalue weighted by molar-refractivity contribution is 0.0697. The molecule has 2 atom stereocenters. The van der Waals surface area contributed by atoms with E-state index in [1.165, 1.54) is 12.1 Å². The Hall–Kier alpha value is -3.20. The Bertz CT molecular complexity index is 1380. The molecule has 0 bridgehead atoms. The van der Waals surface area contributed by atoms with Gasteiger partial charge in [-0.2, -0.15) is 0 Å². The summed E-state index contributed by atoms with van der Waals surface area (Å²) in [6, 6.07) is 21.2. The average Bonchev–Trinajstić information content (AvgIpc) is 3.45. The van der Waals surface area contributed by atoms with Gasteiger partial charge in [0.25, 0.3) is 0 Å². The summed E-state index contributed by atoms with van der Waals surface area (Å²) < 4.78 is 7.25. The highest BCUT2D eigenvalue weighted by Gasteiger charge is 2.42. The Labute approximate surface area is 214 Å². The summed E-state index contributed by atoms with van der Waals surface area (Å²) >= 11 is 15.6. The molecule has 34 heavy (non-hydrogen) atoms. The highest BCUT2D eigenvalue weighted by atomic mass is 79.9. The number of aromatic carboxylic acids is 1. The van der Waals surface area contributed by atoms with Crippen LogP contribution in [-0.2, 0) is 0 Å². The van der Waals surface area contributed by atoms with Gasteiger partial charge in [0.15, 0.2) is 5.11 Å². The molecular weight excluding hydrogens is 538 g/mol. The number of carboxylic acid groups (broad SMARTS) is 1. The zero-order valence-electron chi connectivity index (χ0n) is 17.5. The molecule has 9 heteroatoms. The molecule has 1 saturated heterocycles. The zero-order valence-corrected chi connectivity index (χ0v) is 20.6. The minimum atomic E-state index is -1.04. The van der Waals surface area contributed by atoms with Crippen LogP contribution in [0.1, 0.15) is 33.9 Å². The van der Waals surface area contributed by atoms with Crippen LogP contribution >= 0.6 is 39.7 Å². The van der Waals surface area contributed by atoms with E-state index < -0.39 is 5.97 Å². The number of halogens is 2. The van der Waals surface area contributed by atoms with Gasteiger partial charge in [-0.15, -0.1) is 0 Å². The quantitative estimate of drug-likeness (QED) is 0.268. The van der Waals surface area contributed by atoms with Crippen molar-refractivity contribution in [2.45, 2.75) is 12.1 Å². The summed E-state index contributed by atoms with van der Waals surface area (Å²) in [6.45, 7) is 0. The first kappa shape index (κ1) is 22.6. The minimum absolute atomic E-state index is 0.129. The predicted molar refractivity (Wildman–Crippen MR) is 138 cm³/mol. The maximum absolute atomic E-state index is 11.5. The summed E-state index contributed by atoms with van der Waals surface area (Å²) in [6.07, 6.45) is 1.74. The second kappa shape index (κ2) is 9.21. The number of carboxylic acids is 1. The highest BCUT2D eigenvalue weighted by molar-refractivity contribution is 9.10. The summed E-state index contributed by atoms with van der Waals surface area (Å²) in [5.74, 6) is 0.0702. The molecule has 1 aliphatic rings. The number of rotatable bonds is 5. The van der Waals surface area contributed by atoms with E-state index in [0.29, 0.717) is 27.2 Å². The normalized spacial score (nSPS) is 17.6. The predicted octanol–water partition coefficient (Wildman–Crippen LogP) is 6.63. The molecule has 170 valence electrons. The number of nitrogens with one attached hydrogen (secondary N) is 1. The van der Waals surface area contributed by atoms with E-state index in [9.17, 15) is 9.90 Å². The van der Waals surface area contributed by atoms with Crippen molar-refractivity contribution < 1.29 is 14.3 Å². The van der Waals surface area contributed by atoms with Crippen LogP contribution in [0, 0.1) is 0 Å². The van der Waals surface area contributed by atoms with Crippen LogP contribution in [0.5, 0.6) is 0 Å². The minimum Gasteiger partial charge on any atom is -0.478 e. The monoisotopic (exact) mass is 553 g/mol. The van der Waals surface area contributed by atoms with E-state index in [2.05, 4.69) is 26.2 Å². The fraction of sp³-hybridized carbons (Fsp3) is 0.0800. The van der Waals surface area contributed by atoms with Crippen LogP contribution < -0.4 is 10.2 Å². The average molecular weight is 555 g/mol. The van der Waals surface area contributed by atoms with Crippen molar-refractivity contribution in [3.8, 4) is 11.3 Å². The van der Waals surface area contributed by atoms with Gasteiger partial charge in [0, 0.05) is 21.9 Å². The van der Waals surface area contributed by atoms with E-state index >= 15 is 0 Å². The number of hydrogen-bond acceptors (Lipinski definition) is 4. The van der Waals surface area contributed by atoms with Gasteiger partial charge in [-0.25, -0.2) is 4.79 Å². The molecule has 0 radical (unpaired) electrons. The first-order chi connectivity index (χ1) is 16.4. The molecule has 1 fully saturated rings. The molecule has 4 aromatic rings. The molecule has 0 amide bonds. The third-order valence-corrected chi connectivity index (χ3v) is 6.77. The molecule has 6 nitrogen and oxygen atoms in total. The highest BCUT2D eigenvalue weighted by Crippen LogP contribution is 2.43. The molecule has 1 aliphatic heterocycles. The summed E-state index contributed by atoms with van der Waals surface area (Å²) in [5, 5.41) is 13.7. The molecule has 2 N–H and O–H groups in total. The number of carbonyl (C=O) groups is 1. The molecule has 5 rings (SSSR count). The van der Waals surface area contributed by atoms with E-state index in [0.717, 1.165) is 15.9 Å².